The number of carbonyl (C=O) groups is 2. The quantitative estimate of drug-likeness (QED) is 0.882. The van der Waals surface area contributed by atoms with E-state index in [1.165, 1.54) is 6.07 Å². The van der Waals surface area contributed by atoms with E-state index in [-0.39, 0.29) is 17.6 Å². The van der Waals surface area contributed by atoms with E-state index in [2.05, 4.69) is 10.2 Å². The maximum atomic E-state index is 13.7. The molecule has 6 heteroatoms. The van der Waals surface area contributed by atoms with Crippen LogP contribution in [0.5, 0.6) is 0 Å². The van der Waals surface area contributed by atoms with E-state index in [1.807, 2.05) is 30.3 Å². The van der Waals surface area contributed by atoms with Gasteiger partial charge in [-0.25, -0.2) is 4.39 Å². The largest absolute Gasteiger partial charge is 0.336 e. The van der Waals surface area contributed by atoms with Crippen LogP contribution in [0.2, 0.25) is 0 Å². The monoisotopic (exact) mass is 369 g/mol. The van der Waals surface area contributed by atoms with E-state index in [0.717, 1.165) is 5.69 Å². The molecule has 142 valence electrons. The van der Waals surface area contributed by atoms with E-state index < -0.39 is 0 Å². The van der Waals surface area contributed by atoms with Crippen LogP contribution >= 0.6 is 0 Å². The lowest BCUT2D eigenvalue weighted by Crippen LogP contribution is -2.49. The van der Waals surface area contributed by atoms with Gasteiger partial charge in [0, 0.05) is 50.4 Å². The van der Waals surface area contributed by atoms with Crippen molar-refractivity contribution in [2.24, 2.45) is 0 Å². The van der Waals surface area contributed by atoms with Gasteiger partial charge in [-0.05, 0) is 36.8 Å². The Morgan fingerprint density at radius 3 is 2.41 bits per heavy atom. The van der Waals surface area contributed by atoms with Gasteiger partial charge in [0.25, 0.3) is 5.91 Å². The molecule has 0 atom stereocenters. The molecule has 0 saturated carbocycles. The summed E-state index contributed by atoms with van der Waals surface area (Å²) in [5, 5.41) is 2.87. The van der Waals surface area contributed by atoms with Gasteiger partial charge in [0.15, 0.2) is 0 Å². The van der Waals surface area contributed by atoms with Crippen LogP contribution in [0.25, 0.3) is 0 Å². The summed E-state index contributed by atoms with van der Waals surface area (Å²) in [7, 11) is 0. The van der Waals surface area contributed by atoms with Crippen LogP contribution in [0.1, 0.15) is 22.3 Å². The predicted molar refractivity (Wildman–Crippen MR) is 103 cm³/mol. The first kappa shape index (κ1) is 19.0. The van der Waals surface area contributed by atoms with Gasteiger partial charge in [-0.3, -0.25) is 14.5 Å². The van der Waals surface area contributed by atoms with Gasteiger partial charge < -0.3 is 10.2 Å². The van der Waals surface area contributed by atoms with Crippen molar-refractivity contribution in [3.63, 3.8) is 0 Å². The zero-order chi connectivity index (χ0) is 19.2. The van der Waals surface area contributed by atoms with Gasteiger partial charge in [0.05, 0.1) is 0 Å². The van der Waals surface area contributed by atoms with Crippen LogP contribution in [0.4, 0.5) is 10.1 Å². The average Bonchev–Trinajstić information content (AvgIpc) is 2.69. The van der Waals surface area contributed by atoms with Gasteiger partial charge in [-0.2, -0.15) is 0 Å². The van der Waals surface area contributed by atoms with Crippen LogP contribution in [0.3, 0.4) is 0 Å². The van der Waals surface area contributed by atoms with Crippen LogP contribution in [-0.4, -0.2) is 54.3 Å². The van der Waals surface area contributed by atoms with Gasteiger partial charge >= 0.3 is 0 Å². The highest BCUT2D eigenvalue weighted by Crippen LogP contribution is 2.13. The first-order valence-electron chi connectivity index (χ1n) is 9.15. The molecule has 0 spiro atoms. The number of amides is 2. The fourth-order valence-corrected chi connectivity index (χ4v) is 3.09. The van der Waals surface area contributed by atoms with Crippen molar-refractivity contribution in [2.75, 3.05) is 38.0 Å². The Hall–Kier alpha value is -2.73. The zero-order valence-corrected chi connectivity index (χ0v) is 15.5. The first-order valence-corrected chi connectivity index (χ1v) is 9.15. The summed E-state index contributed by atoms with van der Waals surface area (Å²) in [5.41, 5.74) is 1.71. The van der Waals surface area contributed by atoms with Crippen LogP contribution in [0.15, 0.2) is 48.5 Å². The predicted octanol–water partition coefficient (Wildman–Crippen LogP) is 2.92. The van der Waals surface area contributed by atoms with E-state index in [9.17, 15) is 14.0 Å². The number of para-hydroxylation sites is 1. The Morgan fingerprint density at radius 1 is 1.04 bits per heavy atom. The fourth-order valence-electron chi connectivity index (χ4n) is 3.09. The van der Waals surface area contributed by atoms with Crippen LogP contribution in [0, 0.1) is 12.7 Å². The van der Waals surface area contributed by atoms with Gasteiger partial charge in [0.2, 0.25) is 5.91 Å². The van der Waals surface area contributed by atoms with Gasteiger partial charge in [-0.1, -0.05) is 24.3 Å². The number of carbonyl (C=O) groups excluding carboxylic acids is 2. The number of rotatable bonds is 5. The molecule has 0 bridgehead atoms. The minimum atomic E-state index is -0.357. The summed E-state index contributed by atoms with van der Waals surface area (Å²) in [6, 6.07) is 14.0. The Balaban J connectivity index is 1.44. The minimum Gasteiger partial charge on any atom is -0.336 e. The number of piperazine rings is 1. The normalized spacial score (nSPS) is 14.8. The lowest BCUT2D eigenvalue weighted by molar-refractivity contribution is -0.116. The minimum absolute atomic E-state index is 0.0187. The Morgan fingerprint density at radius 2 is 1.74 bits per heavy atom. The molecule has 2 amide bonds. The molecule has 3 rings (SSSR count). The second-order valence-corrected chi connectivity index (χ2v) is 6.76. The standard InChI is InChI=1S/C21H24FN3O2/c1-16-7-8-17(15-19(16)22)21(27)25-13-11-24(12-14-25)10-9-20(26)23-18-5-3-2-4-6-18/h2-8,15H,9-14H2,1H3,(H,23,26). The number of hydrogen-bond donors (Lipinski definition) is 1. The second kappa shape index (κ2) is 8.77. The molecule has 0 radical (unpaired) electrons. The average molecular weight is 369 g/mol. The third-order valence-electron chi connectivity index (χ3n) is 4.79. The summed E-state index contributed by atoms with van der Waals surface area (Å²) in [5.74, 6) is -0.519. The molecule has 1 N–H and O–H groups in total. The SMILES string of the molecule is Cc1ccc(C(=O)N2CCN(CCC(=O)Nc3ccccc3)CC2)cc1F. The number of halogens is 1. The fraction of sp³-hybridized carbons (Fsp3) is 0.333. The Bertz CT molecular complexity index is 802. The molecule has 1 heterocycles. The van der Waals surface area contributed by atoms with Gasteiger partial charge in [0.1, 0.15) is 5.82 Å². The zero-order valence-electron chi connectivity index (χ0n) is 15.5. The number of nitrogens with zero attached hydrogens (tertiary/aromatic N) is 2. The molecule has 1 saturated heterocycles. The van der Waals surface area contributed by atoms with Crippen LogP contribution in [-0.2, 0) is 4.79 Å². The highest BCUT2D eigenvalue weighted by Gasteiger charge is 2.22. The van der Waals surface area contributed by atoms with Crippen molar-refractivity contribution in [1.29, 1.82) is 0 Å². The molecule has 0 aliphatic carbocycles. The number of nitrogens with one attached hydrogen (secondary N) is 1. The second-order valence-electron chi connectivity index (χ2n) is 6.76. The molecule has 1 aliphatic rings. The van der Waals surface area contributed by atoms with E-state index in [0.29, 0.717) is 50.3 Å². The molecule has 0 aromatic heterocycles. The third kappa shape index (κ3) is 5.14. The van der Waals surface area contributed by atoms with Crippen LogP contribution < -0.4 is 5.32 Å². The maximum Gasteiger partial charge on any atom is 0.254 e. The smallest absolute Gasteiger partial charge is 0.254 e. The Kier molecular flexibility index (Phi) is 6.19. The highest BCUT2D eigenvalue weighted by molar-refractivity contribution is 5.94. The first-order chi connectivity index (χ1) is 13.0. The van der Waals surface area contributed by atoms with Crippen molar-refractivity contribution in [2.45, 2.75) is 13.3 Å². The molecular formula is C21H24FN3O2. The molecule has 2 aromatic rings. The van der Waals surface area contributed by atoms with E-state index >= 15 is 0 Å². The number of anilines is 1. The molecule has 27 heavy (non-hydrogen) atoms. The van der Waals surface area contributed by atoms with Crippen molar-refractivity contribution in [3.05, 3.63) is 65.5 Å². The van der Waals surface area contributed by atoms with Gasteiger partial charge in [-0.15, -0.1) is 0 Å². The number of hydrogen-bond acceptors (Lipinski definition) is 3. The van der Waals surface area contributed by atoms with E-state index in [1.54, 1.807) is 24.0 Å². The summed E-state index contributed by atoms with van der Waals surface area (Å²) in [6.07, 6.45) is 0.409. The number of aryl methyl sites for hydroxylation is 1. The number of benzene rings is 2. The molecule has 5 nitrogen and oxygen atoms in total. The summed E-state index contributed by atoms with van der Waals surface area (Å²) >= 11 is 0. The third-order valence-corrected chi connectivity index (χ3v) is 4.79. The van der Waals surface area contributed by atoms with Crippen molar-refractivity contribution < 1.29 is 14.0 Å². The molecule has 0 unspecified atom stereocenters. The summed E-state index contributed by atoms with van der Waals surface area (Å²) in [4.78, 5) is 28.5. The lowest BCUT2D eigenvalue weighted by Gasteiger charge is -2.34. The lowest BCUT2D eigenvalue weighted by atomic mass is 10.1. The summed E-state index contributed by atoms with van der Waals surface area (Å²) < 4.78 is 13.7. The topological polar surface area (TPSA) is 52.7 Å². The molecular weight excluding hydrogens is 345 g/mol. The maximum absolute atomic E-state index is 13.7. The highest BCUT2D eigenvalue weighted by atomic mass is 19.1. The molecule has 2 aromatic carbocycles. The van der Waals surface area contributed by atoms with E-state index in [4.69, 9.17) is 0 Å². The Labute approximate surface area is 158 Å². The molecule has 1 aliphatic heterocycles. The van der Waals surface area contributed by atoms with Crippen molar-refractivity contribution >= 4 is 17.5 Å². The molecule has 1 fully saturated rings. The summed E-state index contributed by atoms with van der Waals surface area (Å²) in [6.45, 7) is 4.90. The van der Waals surface area contributed by atoms with Crippen molar-refractivity contribution in [1.82, 2.24) is 9.80 Å². The van der Waals surface area contributed by atoms with Crippen molar-refractivity contribution in [3.8, 4) is 0 Å².